The molecular weight excluding hydrogens is 468 g/mol. The van der Waals surface area contributed by atoms with Crippen LogP contribution in [0.3, 0.4) is 0 Å². The van der Waals surface area contributed by atoms with Crippen molar-refractivity contribution in [3.8, 4) is 22.6 Å². The highest BCUT2D eigenvalue weighted by Gasteiger charge is 2.27. The summed E-state index contributed by atoms with van der Waals surface area (Å²) in [4.78, 5) is 33.1. The molecule has 8 heteroatoms. The van der Waals surface area contributed by atoms with Crippen LogP contribution in [0.5, 0.6) is 11.5 Å². The summed E-state index contributed by atoms with van der Waals surface area (Å²) in [6, 6.07) is 8.08. The number of carbonyl (C=O) groups excluding carboxylic acids is 2. The number of amides is 2. The van der Waals surface area contributed by atoms with Gasteiger partial charge in [0.2, 0.25) is 5.91 Å². The van der Waals surface area contributed by atoms with E-state index in [4.69, 9.17) is 9.47 Å². The summed E-state index contributed by atoms with van der Waals surface area (Å²) in [6.07, 6.45) is 8.08. The van der Waals surface area contributed by atoms with Crippen molar-refractivity contribution < 1.29 is 19.1 Å². The number of aryl methyl sites for hydroxylation is 1. The zero-order chi connectivity index (χ0) is 25.9. The molecule has 0 radical (unpaired) electrons. The fourth-order valence-electron chi connectivity index (χ4n) is 5.14. The second-order valence-electron chi connectivity index (χ2n) is 10.3. The van der Waals surface area contributed by atoms with Crippen LogP contribution in [0.2, 0.25) is 0 Å². The number of rotatable bonds is 9. The third-order valence-corrected chi connectivity index (χ3v) is 7.50. The topological polar surface area (TPSA) is 105 Å². The number of hydrogen-bond acceptors (Lipinski definition) is 5. The van der Waals surface area contributed by atoms with Gasteiger partial charge in [0.15, 0.2) is 0 Å². The van der Waals surface area contributed by atoms with Crippen molar-refractivity contribution in [1.82, 2.24) is 20.6 Å². The largest absolute Gasteiger partial charge is 0.497 e. The lowest BCUT2D eigenvalue weighted by Gasteiger charge is -2.29. The van der Waals surface area contributed by atoms with Crippen LogP contribution in [0, 0.1) is 12.8 Å². The van der Waals surface area contributed by atoms with Crippen LogP contribution in [0.15, 0.2) is 30.5 Å². The van der Waals surface area contributed by atoms with E-state index in [2.05, 4.69) is 20.6 Å². The number of carbonyl (C=O) groups is 2. The van der Waals surface area contributed by atoms with Gasteiger partial charge in [-0.2, -0.15) is 0 Å². The van der Waals surface area contributed by atoms with E-state index in [0.29, 0.717) is 30.0 Å². The molecule has 0 bridgehead atoms. The van der Waals surface area contributed by atoms with Crippen LogP contribution in [-0.4, -0.2) is 47.6 Å². The summed E-state index contributed by atoms with van der Waals surface area (Å²) in [6.45, 7) is 4.47. The Hall–Kier alpha value is -3.55. The number of aromatic amines is 1. The predicted octanol–water partition coefficient (Wildman–Crippen LogP) is 4.90. The number of hydrogen-bond donors (Lipinski definition) is 3. The van der Waals surface area contributed by atoms with Crippen LogP contribution in [-0.2, 0) is 4.79 Å². The normalized spacial score (nSPS) is 19.4. The standard InChI is InChI=1S/C29H36N4O4/c1-4-25(34)32-19-7-9-20(10-8-19)33-29(35)26-17(2)31-27-23(13-14-30-28(26)27)22-12-11-21(36-3)15-24(22)37-16-18-5-6-18/h11-15,18-20,31H,4-10,16H2,1-3H3,(H,32,34)(H,33,35)/t19-,20+. The highest BCUT2D eigenvalue weighted by molar-refractivity contribution is 6.09. The molecule has 3 N–H and O–H groups in total. The molecule has 3 aromatic rings. The molecule has 0 unspecified atom stereocenters. The van der Waals surface area contributed by atoms with Gasteiger partial charge in [-0.3, -0.25) is 14.6 Å². The molecule has 2 saturated carbocycles. The molecule has 1 aromatic carbocycles. The molecule has 0 spiro atoms. The fourth-order valence-corrected chi connectivity index (χ4v) is 5.14. The number of pyridine rings is 1. The Morgan fingerprint density at radius 3 is 2.43 bits per heavy atom. The van der Waals surface area contributed by atoms with Crippen LogP contribution >= 0.6 is 0 Å². The summed E-state index contributed by atoms with van der Waals surface area (Å²) >= 11 is 0. The van der Waals surface area contributed by atoms with Gasteiger partial charge >= 0.3 is 0 Å². The molecule has 0 saturated heterocycles. The molecule has 0 aliphatic heterocycles. The van der Waals surface area contributed by atoms with Crippen molar-refractivity contribution in [1.29, 1.82) is 0 Å². The predicted molar refractivity (Wildman–Crippen MR) is 143 cm³/mol. The van der Waals surface area contributed by atoms with Gasteiger partial charge < -0.3 is 25.1 Å². The molecule has 2 aliphatic carbocycles. The van der Waals surface area contributed by atoms with E-state index in [1.54, 1.807) is 13.3 Å². The number of aromatic nitrogens is 2. The summed E-state index contributed by atoms with van der Waals surface area (Å²) in [7, 11) is 1.65. The van der Waals surface area contributed by atoms with E-state index < -0.39 is 0 Å². The average Bonchev–Trinajstić information content (AvgIpc) is 3.67. The first-order valence-corrected chi connectivity index (χ1v) is 13.4. The Kier molecular flexibility index (Phi) is 7.35. The first kappa shape index (κ1) is 25.1. The molecular formula is C29H36N4O4. The van der Waals surface area contributed by atoms with Gasteiger partial charge in [0, 0.05) is 47.6 Å². The minimum atomic E-state index is -0.116. The van der Waals surface area contributed by atoms with Gasteiger partial charge in [0.25, 0.3) is 5.91 Å². The fraction of sp³-hybridized carbons (Fsp3) is 0.483. The number of methoxy groups -OCH3 is 1. The Morgan fingerprint density at radius 2 is 1.76 bits per heavy atom. The van der Waals surface area contributed by atoms with E-state index >= 15 is 0 Å². The molecule has 2 aliphatic rings. The number of fused-ring (bicyclic) bond motifs is 1. The van der Waals surface area contributed by atoms with Crippen molar-refractivity contribution in [3.63, 3.8) is 0 Å². The maximum atomic E-state index is 13.4. The zero-order valence-corrected chi connectivity index (χ0v) is 21.9. The molecule has 0 atom stereocenters. The van der Waals surface area contributed by atoms with Crippen LogP contribution < -0.4 is 20.1 Å². The van der Waals surface area contributed by atoms with E-state index in [1.807, 2.05) is 38.1 Å². The first-order valence-electron chi connectivity index (χ1n) is 13.4. The zero-order valence-electron chi connectivity index (χ0n) is 21.9. The minimum Gasteiger partial charge on any atom is -0.497 e. The van der Waals surface area contributed by atoms with E-state index in [0.717, 1.165) is 59.5 Å². The lowest BCUT2D eigenvalue weighted by Crippen LogP contribution is -2.43. The molecule has 8 nitrogen and oxygen atoms in total. The Morgan fingerprint density at radius 1 is 1.03 bits per heavy atom. The van der Waals surface area contributed by atoms with Crippen LogP contribution in [0.4, 0.5) is 0 Å². The summed E-state index contributed by atoms with van der Waals surface area (Å²) in [5, 5.41) is 6.29. The van der Waals surface area contributed by atoms with Crippen molar-refractivity contribution in [2.45, 2.75) is 70.9 Å². The number of nitrogens with zero attached hydrogens (tertiary/aromatic N) is 1. The summed E-state index contributed by atoms with van der Waals surface area (Å²) in [5.74, 6) is 2.10. The van der Waals surface area contributed by atoms with Crippen molar-refractivity contribution in [2.75, 3.05) is 13.7 Å². The highest BCUT2D eigenvalue weighted by atomic mass is 16.5. The smallest absolute Gasteiger partial charge is 0.255 e. The number of H-pyrrole nitrogens is 1. The molecule has 5 rings (SSSR count). The van der Waals surface area contributed by atoms with Gasteiger partial charge in [0.05, 0.1) is 24.8 Å². The molecule has 2 amide bonds. The average molecular weight is 505 g/mol. The third-order valence-electron chi connectivity index (χ3n) is 7.50. The lowest BCUT2D eigenvalue weighted by atomic mass is 9.91. The SMILES string of the molecule is CCC(=O)N[C@H]1CC[C@@H](NC(=O)c2c(C)[nH]c3c(-c4ccc(OC)cc4OCC4CC4)ccnc23)CC1. The number of ether oxygens (including phenoxy) is 2. The number of nitrogens with one attached hydrogen (secondary N) is 3. The monoisotopic (exact) mass is 504 g/mol. The Labute approximate surface area is 217 Å². The van der Waals surface area contributed by atoms with E-state index in [1.165, 1.54) is 12.8 Å². The minimum absolute atomic E-state index is 0.0822. The number of benzene rings is 1. The highest BCUT2D eigenvalue weighted by Crippen LogP contribution is 2.39. The lowest BCUT2D eigenvalue weighted by molar-refractivity contribution is -0.121. The molecule has 196 valence electrons. The van der Waals surface area contributed by atoms with Gasteiger partial charge in [-0.1, -0.05) is 6.92 Å². The first-order chi connectivity index (χ1) is 18.0. The Bertz CT molecular complexity index is 1290. The van der Waals surface area contributed by atoms with Gasteiger partial charge in [-0.25, -0.2) is 0 Å². The molecule has 2 aromatic heterocycles. The Balaban J connectivity index is 1.37. The molecule has 2 fully saturated rings. The molecule has 37 heavy (non-hydrogen) atoms. The van der Waals surface area contributed by atoms with Gasteiger partial charge in [-0.15, -0.1) is 0 Å². The molecule has 2 heterocycles. The van der Waals surface area contributed by atoms with Crippen molar-refractivity contribution in [3.05, 3.63) is 41.7 Å². The second kappa shape index (κ2) is 10.8. The van der Waals surface area contributed by atoms with Gasteiger partial charge in [0.1, 0.15) is 17.0 Å². The summed E-state index contributed by atoms with van der Waals surface area (Å²) in [5.41, 5.74) is 4.71. The van der Waals surface area contributed by atoms with E-state index in [9.17, 15) is 9.59 Å². The van der Waals surface area contributed by atoms with E-state index in [-0.39, 0.29) is 23.9 Å². The maximum absolute atomic E-state index is 13.4. The van der Waals surface area contributed by atoms with Crippen molar-refractivity contribution in [2.24, 2.45) is 5.92 Å². The van der Waals surface area contributed by atoms with Crippen molar-refractivity contribution >= 4 is 22.8 Å². The quantitative estimate of drug-likeness (QED) is 0.384. The third kappa shape index (κ3) is 5.58. The van der Waals surface area contributed by atoms with Crippen LogP contribution in [0.1, 0.15) is 67.9 Å². The van der Waals surface area contributed by atoms with Crippen LogP contribution in [0.25, 0.3) is 22.2 Å². The maximum Gasteiger partial charge on any atom is 0.255 e. The summed E-state index contributed by atoms with van der Waals surface area (Å²) < 4.78 is 11.7. The van der Waals surface area contributed by atoms with Gasteiger partial charge in [-0.05, 0) is 69.6 Å². The second-order valence-corrected chi connectivity index (χ2v) is 10.3.